The predicted molar refractivity (Wildman–Crippen MR) is 80.7 cm³/mol. The maximum atomic E-state index is 12.8. The number of rotatable bonds is 3. The molecule has 0 spiro atoms. The summed E-state index contributed by atoms with van der Waals surface area (Å²) in [5, 5.41) is 4.71. The third kappa shape index (κ3) is 3.24. The van der Waals surface area contributed by atoms with E-state index >= 15 is 0 Å². The van der Waals surface area contributed by atoms with Crippen LogP contribution < -0.4 is 0 Å². The fraction of sp³-hybridized carbons (Fsp3) is 0.375. The molecule has 132 valence electrons. The molecule has 1 fully saturated rings. The first-order chi connectivity index (χ1) is 12.0. The van der Waals surface area contributed by atoms with Gasteiger partial charge in [0.25, 0.3) is 0 Å². The maximum Gasteiger partial charge on any atom is 0.401 e. The van der Waals surface area contributed by atoms with Crippen LogP contribution in [0, 0.1) is 0 Å². The average molecular weight is 353 g/mol. The average Bonchev–Trinajstić information content (AvgIpc) is 3.20. The van der Waals surface area contributed by atoms with Crippen molar-refractivity contribution in [2.45, 2.75) is 12.2 Å². The van der Waals surface area contributed by atoms with Crippen LogP contribution in [-0.2, 0) is 4.74 Å². The highest BCUT2D eigenvalue weighted by Crippen LogP contribution is 2.31. The summed E-state index contributed by atoms with van der Waals surface area (Å²) in [5.74, 6) is 0.377. The lowest BCUT2D eigenvalue weighted by Crippen LogP contribution is -2.44. The zero-order chi connectivity index (χ0) is 17.4. The minimum Gasteiger partial charge on any atom is -0.464 e. The second-order valence-electron chi connectivity index (χ2n) is 5.78. The van der Waals surface area contributed by atoms with Crippen LogP contribution in [0.25, 0.3) is 22.4 Å². The zero-order valence-electron chi connectivity index (χ0n) is 13.0. The second kappa shape index (κ2) is 6.16. The molecule has 25 heavy (non-hydrogen) atoms. The van der Waals surface area contributed by atoms with Crippen molar-refractivity contribution in [2.24, 2.45) is 0 Å². The van der Waals surface area contributed by atoms with Gasteiger partial charge in [0.05, 0.1) is 25.3 Å². The fourth-order valence-corrected chi connectivity index (χ4v) is 2.92. The van der Waals surface area contributed by atoms with E-state index in [4.69, 9.17) is 13.7 Å². The first-order valence-corrected chi connectivity index (χ1v) is 7.70. The monoisotopic (exact) mass is 353 g/mol. The highest BCUT2D eigenvalue weighted by molar-refractivity contribution is 5.91. The number of benzene rings is 1. The van der Waals surface area contributed by atoms with E-state index in [1.54, 1.807) is 6.07 Å². The van der Waals surface area contributed by atoms with Crippen LogP contribution in [0.1, 0.15) is 11.9 Å². The molecule has 9 heteroatoms. The first-order valence-electron chi connectivity index (χ1n) is 7.70. The molecule has 1 atom stereocenters. The van der Waals surface area contributed by atoms with E-state index in [0.717, 1.165) is 5.39 Å². The van der Waals surface area contributed by atoms with E-state index in [1.165, 1.54) is 11.2 Å². The lowest BCUT2D eigenvalue weighted by Gasteiger charge is -2.33. The summed E-state index contributed by atoms with van der Waals surface area (Å²) in [6.45, 7) is -0.590. The molecular weight excluding hydrogens is 339 g/mol. The van der Waals surface area contributed by atoms with Gasteiger partial charge < -0.3 is 13.7 Å². The van der Waals surface area contributed by atoms with Crippen molar-refractivity contribution in [3.8, 4) is 11.4 Å². The van der Waals surface area contributed by atoms with Gasteiger partial charge in [0.15, 0.2) is 0 Å². The topological polar surface area (TPSA) is 64.5 Å². The molecule has 0 saturated carbocycles. The van der Waals surface area contributed by atoms with Crippen LogP contribution in [0.4, 0.5) is 13.2 Å². The van der Waals surface area contributed by atoms with Crippen LogP contribution in [0.3, 0.4) is 0 Å². The van der Waals surface area contributed by atoms with E-state index in [1.807, 2.05) is 18.2 Å². The molecule has 0 aliphatic carbocycles. The summed E-state index contributed by atoms with van der Waals surface area (Å²) in [4.78, 5) is 5.52. The Morgan fingerprint density at radius 2 is 2.08 bits per heavy atom. The number of alkyl halides is 3. The van der Waals surface area contributed by atoms with Crippen LogP contribution >= 0.6 is 0 Å². The predicted octanol–water partition coefficient (Wildman–Crippen LogP) is 3.42. The van der Waals surface area contributed by atoms with Crippen molar-refractivity contribution < 1.29 is 26.8 Å². The molecular formula is C16H14F3N3O3. The number of nitrogens with zero attached hydrogens (tertiary/aromatic N) is 3. The number of furan rings is 1. The van der Waals surface area contributed by atoms with E-state index in [-0.39, 0.29) is 31.5 Å². The Morgan fingerprint density at radius 1 is 1.24 bits per heavy atom. The Labute approximate surface area is 140 Å². The molecule has 4 rings (SSSR count). The molecule has 3 aromatic rings. The molecule has 0 bridgehead atoms. The summed E-state index contributed by atoms with van der Waals surface area (Å²) in [6, 6.07) is 6.62. The molecule has 1 aliphatic rings. The third-order valence-corrected chi connectivity index (χ3v) is 4.07. The van der Waals surface area contributed by atoms with Gasteiger partial charge in [-0.1, -0.05) is 23.4 Å². The van der Waals surface area contributed by atoms with Gasteiger partial charge in [0, 0.05) is 11.9 Å². The molecule has 1 unspecified atom stereocenters. The summed E-state index contributed by atoms with van der Waals surface area (Å²) in [6.07, 6.45) is -2.80. The quantitative estimate of drug-likeness (QED) is 0.719. The maximum absolute atomic E-state index is 12.8. The highest BCUT2D eigenvalue weighted by Gasteiger charge is 2.38. The lowest BCUT2D eigenvalue weighted by molar-refractivity contribution is -0.164. The van der Waals surface area contributed by atoms with Gasteiger partial charge >= 0.3 is 6.18 Å². The van der Waals surface area contributed by atoms with Crippen molar-refractivity contribution in [1.29, 1.82) is 0 Å². The van der Waals surface area contributed by atoms with Crippen molar-refractivity contribution in [3.05, 3.63) is 36.4 Å². The van der Waals surface area contributed by atoms with Crippen LogP contribution in [-0.4, -0.2) is 47.5 Å². The Balaban J connectivity index is 1.63. The smallest absolute Gasteiger partial charge is 0.401 e. The molecule has 2 aromatic heterocycles. The van der Waals surface area contributed by atoms with Crippen LogP contribution in [0.2, 0.25) is 0 Å². The van der Waals surface area contributed by atoms with Gasteiger partial charge in [0.2, 0.25) is 11.7 Å². The van der Waals surface area contributed by atoms with Gasteiger partial charge in [0.1, 0.15) is 17.9 Å². The summed E-state index contributed by atoms with van der Waals surface area (Å²) in [5.41, 5.74) is 1.30. The van der Waals surface area contributed by atoms with E-state index < -0.39 is 18.8 Å². The van der Waals surface area contributed by atoms with Gasteiger partial charge in [-0.25, -0.2) is 0 Å². The normalized spacial score (nSPS) is 19.6. The lowest BCUT2D eigenvalue weighted by atomic mass is 10.1. The zero-order valence-corrected chi connectivity index (χ0v) is 13.0. The van der Waals surface area contributed by atoms with Gasteiger partial charge in [-0.05, 0) is 6.07 Å². The SMILES string of the molecule is FC(F)(F)CN1CCOCC1c1nc(-c2coc3ccccc23)no1. The largest absolute Gasteiger partial charge is 0.464 e. The van der Waals surface area contributed by atoms with Gasteiger partial charge in [-0.15, -0.1) is 0 Å². The number of morpholine rings is 1. The van der Waals surface area contributed by atoms with Crippen LogP contribution in [0.15, 0.2) is 39.5 Å². The second-order valence-corrected chi connectivity index (χ2v) is 5.78. The number of halogens is 3. The Bertz CT molecular complexity index is 874. The van der Waals surface area contributed by atoms with Crippen molar-refractivity contribution in [1.82, 2.24) is 15.0 Å². The van der Waals surface area contributed by atoms with Gasteiger partial charge in [-0.3, -0.25) is 4.90 Å². The molecule has 6 nitrogen and oxygen atoms in total. The number of ether oxygens (including phenoxy) is 1. The molecule has 1 saturated heterocycles. The highest BCUT2D eigenvalue weighted by atomic mass is 19.4. The Hall–Kier alpha value is -2.39. The molecule has 1 aromatic carbocycles. The number of fused-ring (bicyclic) bond motifs is 1. The number of hydrogen-bond acceptors (Lipinski definition) is 6. The molecule has 0 N–H and O–H groups in total. The van der Waals surface area contributed by atoms with Crippen molar-refractivity contribution >= 4 is 11.0 Å². The Morgan fingerprint density at radius 3 is 2.92 bits per heavy atom. The minimum absolute atomic E-state index is 0.0733. The first kappa shape index (κ1) is 16.1. The third-order valence-electron chi connectivity index (χ3n) is 4.07. The number of aromatic nitrogens is 2. The van der Waals surface area contributed by atoms with Crippen molar-refractivity contribution in [2.75, 3.05) is 26.3 Å². The van der Waals surface area contributed by atoms with E-state index in [2.05, 4.69) is 10.1 Å². The molecule has 0 amide bonds. The summed E-state index contributed by atoms with van der Waals surface area (Å²) in [7, 11) is 0. The molecule has 3 heterocycles. The summed E-state index contributed by atoms with van der Waals surface area (Å²) < 4.78 is 54.3. The number of para-hydroxylation sites is 1. The molecule has 0 radical (unpaired) electrons. The van der Waals surface area contributed by atoms with E-state index in [0.29, 0.717) is 11.1 Å². The minimum atomic E-state index is -4.31. The van der Waals surface area contributed by atoms with Crippen molar-refractivity contribution in [3.63, 3.8) is 0 Å². The standard InChI is InChI=1S/C16H14F3N3O3/c17-16(18,19)9-22-5-6-23-8-12(22)15-20-14(21-25-15)11-7-24-13-4-2-1-3-10(11)13/h1-4,7,12H,5-6,8-9H2. The fourth-order valence-electron chi connectivity index (χ4n) is 2.92. The van der Waals surface area contributed by atoms with Crippen LogP contribution in [0.5, 0.6) is 0 Å². The Kier molecular flexibility index (Phi) is 3.97. The van der Waals surface area contributed by atoms with Gasteiger partial charge in [-0.2, -0.15) is 18.2 Å². The number of hydrogen-bond donors (Lipinski definition) is 0. The molecule has 1 aliphatic heterocycles. The summed E-state index contributed by atoms with van der Waals surface area (Å²) >= 11 is 0. The van der Waals surface area contributed by atoms with E-state index in [9.17, 15) is 13.2 Å².